The summed E-state index contributed by atoms with van der Waals surface area (Å²) in [6.07, 6.45) is 2.32. The maximum absolute atomic E-state index is 13.7. The van der Waals surface area contributed by atoms with E-state index in [9.17, 15) is 23.2 Å². The van der Waals surface area contributed by atoms with Crippen LogP contribution in [0.3, 0.4) is 0 Å². The van der Waals surface area contributed by atoms with Crippen LogP contribution in [0.15, 0.2) is 39.4 Å². The number of hydrogen-bond donors (Lipinski definition) is 2. The number of aromatic nitrogens is 1. The van der Waals surface area contributed by atoms with E-state index < -0.39 is 29.3 Å². The van der Waals surface area contributed by atoms with Crippen molar-refractivity contribution in [3.8, 4) is 17.7 Å². The first kappa shape index (κ1) is 20.3. The van der Waals surface area contributed by atoms with E-state index in [2.05, 4.69) is 15.8 Å². The van der Waals surface area contributed by atoms with Crippen LogP contribution >= 0.6 is 0 Å². The Morgan fingerprint density at radius 3 is 2.65 bits per heavy atom. The lowest BCUT2D eigenvalue weighted by Gasteiger charge is -2.31. The van der Waals surface area contributed by atoms with Gasteiger partial charge in [0.25, 0.3) is 5.89 Å². The largest absolute Gasteiger partial charge is 0.459 e. The summed E-state index contributed by atoms with van der Waals surface area (Å²) in [5, 5.41) is 9.35. The van der Waals surface area contributed by atoms with Gasteiger partial charge in [-0.2, -0.15) is 10.2 Å². The normalized spacial score (nSPS) is 14.3. The van der Waals surface area contributed by atoms with Gasteiger partial charge in [-0.15, -0.1) is 0 Å². The average Bonchev–Trinajstić information content (AvgIpc) is 3.46. The number of nitrogens with one attached hydrogen (secondary N) is 2. The van der Waals surface area contributed by atoms with Gasteiger partial charge in [0.15, 0.2) is 23.2 Å². The molecule has 1 saturated heterocycles. The number of rotatable bonds is 5. The summed E-state index contributed by atoms with van der Waals surface area (Å²) < 4.78 is 50.9. The summed E-state index contributed by atoms with van der Waals surface area (Å²) in [5.41, 5.74) is 4.34. The maximum Gasteiger partial charge on any atom is 0.266 e. The summed E-state index contributed by atoms with van der Waals surface area (Å²) >= 11 is 0. The number of hydrogen-bond acceptors (Lipinski definition) is 7. The van der Waals surface area contributed by atoms with Crippen molar-refractivity contribution in [3.63, 3.8) is 0 Å². The van der Waals surface area contributed by atoms with Crippen molar-refractivity contribution in [1.82, 2.24) is 10.4 Å². The minimum atomic E-state index is -1.62. The third-order valence-corrected chi connectivity index (χ3v) is 4.96. The molecule has 1 aliphatic heterocycles. The third kappa shape index (κ3) is 4.05. The second kappa shape index (κ2) is 8.43. The first-order valence-electron chi connectivity index (χ1n) is 9.37. The van der Waals surface area contributed by atoms with E-state index in [1.807, 2.05) is 11.0 Å². The SMILES string of the molecule is N#Cc1nc(-c2ccco2)oc1N1CCC(C(=O)NNc2ccc(F)c(F)c2F)CC1. The van der Waals surface area contributed by atoms with E-state index in [1.54, 1.807) is 12.1 Å². The van der Waals surface area contributed by atoms with E-state index in [4.69, 9.17) is 8.83 Å². The molecule has 0 saturated carbocycles. The standard InChI is InChI=1S/C20H16F3N5O3/c21-12-3-4-13(17(23)16(12)22)26-27-18(29)11-5-7-28(8-6-11)20-14(10-24)25-19(31-20)15-2-1-9-30-15/h1-4,9,11,26H,5-8H2,(H,27,29). The van der Waals surface area contributed by atoms with Crippen LogP contribution in [0.5, 0.6) is 0 Å². The van der Waals surface area contributed by atoms with E-state index in [-0.39, 0.29) is 17.3 Å². The molecule has 0 radical (unpaired) electrons. The summed E-state index contributed by atoms with van der Waals surface area (Å²) in [4.78, 5) is 18.3. The average molecular weight is 431 g/mol. The van der Waals surface area contributed by atoms with Crippen LogP contribution in [0.4, 0.5) is 24.7 Å². The van der Waals surface area contributed by atoms with Crippen molar-refractivity contribution in [3.05, 3.63) is 53.7 Å². The van der Waals surface area contributed by atoms with Crippen LogP contribution < -0.4 is 15.8 Å². The number of oxazole rings is 1. The third-order valence-electron chi connectivity index (χ3n) is 4.96. The fourth-order valence-electron chi connectivity index (χ4n) is 3.30. The van der Waals surface area contributed by atoms with Crippen LogP contribution in [-0.2, 0) is 4.79 Å². The first-order valence-corrected chi connectivity index (χ1v) is 9.37. The summed E-state index contributed by atoms with van der Waals surface area (Å²) in [6.45, 7) is 0.832. The molecule has 8 nitrogen and oxygen atoms in total. The van der Waals surface area contributed by atoms with Gasteiger partial charge in [-0.05, 0) is 37.1 Å². The molecule has 3 heterocycles. The Kier molecular flexibility index (Phi) is 5.53. The molecule has 160 valence electrons. The van der Waals surface area contributed by atoms with E-state index in [1.165, 1.54) is 6.26 Å². The smallest absolute Gasteiger partial charge is 0.266 e. The lowest BCUT2D eigenvalue weighted by atomic mass is 9.96. The Labute approximate surface area is 174 Å². The molecule has 4 rings (SSSR count). The molecule has 1 aliphatic rings. The number of carbonyl (C=O) groups excluding carboxylic acids is 1. The van der Waals surface area contributed by atoms with Gasteiger partial charge in [-0.1, -0.05) is 0 Å². The Hall–Kier alpha value is -3.94. The number of piperidine rings is 1. The molecule has 0 aliphatic carbocycles. The fourth-order valence-corrected chi connectivity index (χ4v) is 3.30. The van der Waals surface area contributed by atoms with Crippen molar-refractivity contribution in [2.24, 2.45) is 5.92 Å². The van der Waals surface area contributed by atoms with Crippen molar-refractivity contribution in [2.45, 2.75) is 12.8 Å². The Balaban J connectivity index is 1.36. The van der Waals surface area contributed by atoms with Gasteiger partial charge in [-0.3, -0.25) is 15.6 Å². The molecule has 0 bridgehead atoms. The number of carbonyl (C=O) groups is 1. The van der Waals surface area contributed by atoms with Crippen LogP contribution in [0.2, 0.25) is 0 Å². The molecule has 1 amide bonds. The minimum absolute atomic E-state index is 0.116. The van der Waals surface area contributed by atoms with Gasteiger partial charge in [0.2, 0.25) is 17.5 Å². The predicted octanol–water partition coefficient (Wildman–Crippen LogP) is 3.58. The number of halogens is 3. The molecule has 0 atom stereocenters. The highest BCUT2D eigenvalue weighted by molar-refractivity contribution is 5.80. The summed E-state index contributed by atoms with van der Waals surface area (Å²) in [7, 11) is 0. The Morgan fingerprint density at radius 1 is 1.19 bits per heavy atom. The summed E-state index contributed by atoms with van der Waals surface area (Å²) in [5.74, 6) is -4.30. The molecule has 3 aromatic rings. The second-order valence-corrected chi connectivity index (χ2v) is 6.86. The highest BCUT2D eigenvalue weighted by atomic mass is 19.2. The first-order chi connectivity index (χ1) is 15.0. The van der Waals surface area contributed by atoms with Gasteiger partial charge < -0.3 is 13.7 Å². The molecule has 31 heavy (non-hydrogen) atoms. The molecule has 1 aromatic carbocycles. The molecule has 2 aromatic heterocycles. The minimum Gasteiger partial charge on any atom is -0.459 e. The zero-order valence-corrected chi connectivity index (χ0v) is 16.0. The van der Waals surface area contributed by atoms with Gasteiger partial charge in [0, 0.05) is 19.0 Å². The van der Waals surface area contributed by atoms with Gasteiger partial charge in [0.1, 0.15) is 6.07 Å². The second-order valence-electron chi connectivity index (χ2n) is 6.86. The number of benzene rings is 1. The van der Waals surface area contributed by atoms with Crippen LogP contribution in [0, 0.1) is 34.7 Å². The molecule has 0 unspecified atom stereocenters. The summed E-state index contributed by atoms with van der Waals surface area (Å²) in [6, 6.07) is 7.07. The maximum atomic E-state index is 13.7. The molecule has 1 fully saturated rings. The monoisotopic (exact) mass is 431 g/mol. The van der Waals surface area contributed by atoms with Gasteiger partial charge in [0.05, 0.1) is 12.0 Å². The van der Waals surface area contributed by atoms with Crippen LogP contribution in [0.25, 0.3) is 11.7 Å². The number of amides is 1. The fraction of sp³-hybridized carbons (Fsp3) is 0.250. The lowest BCUT2D eigenvalue weighted by molar-refractivity contribution is -0.125. The van der Waals surface area contributed by atoms with E-state index in [0.717, 1.165) is 12.1 Å². The quantitative estimate of drug-likeness (QED) is 0.470. The van der Waals surface area contributed by atoms with E-state index >= 15 is 0 Å². The van der Waals surface area contributed by atoms with Crippen molar-refractivity contribution in [1.29, 1.82) is 5.26 Å². The Bertz CT molecular complexity index is 1130. The molecule has 11 heteroatoms. The highest BCUT2D eigenvalue weighted by Crippen LogP contribution is 2.31. The van der Waals surface area contributed by atoms with Crippen molar-refractivity contribution < 1.29 is 26.8 Å². The number of nitrogens with zero attached hydrogens (tertiary/aromatic N) is 3. The lowest BCUT2D eigenvalue weighted by Crippen LogP contribution is -2.42. The zero-order chi connectivity index (χ0) is 22.0. The molecular weight excluding hydrogens is 415 g/mol. The van der Waals surface area contributed by atoms with Gasteiger partial charge >= 0.3 is 0 Å². The van der Waals surface area contributed by atoms with Crippen molar-refractivity contribution in [2.75, 3.05) is 23.4 Å². The highest BCUT2D eigenvalue weighted by Gasteiger charge is 2.29. The predicted molar refractivity (Wildman–Crippen MR) is 102 cm³/mol. The zero-order valence-electron chi connectivity index (χ0n) is 16.0. The molecule has 0 spiro atoms. The number of nitriles is 1. The molecular formula is C20H16F3N5O3. The van der Waals surface area contributed by atoms with Crippen LogP contribution in [-0.4, -0.2) is 24.0 Å². The topological polar surface area (TPSA) is 107 Å². The Morgan fingerprint density at radius 2 is 1.97 bits per heavy atom. The van der Waals surface area contributed by atoms with E-state index in [0.29, 0.717) is 37.6 Å². The number of furan rings is 1. The number of hydrazine groups is 1. The van der Waals surface area contributed by atoms with Crippen LogP contribution in [0.1, 0.15) is 18.5 Å². The number of anilines is 2. The molecule has 2 N–H and O–H groups in total. The van der Waals surface area contributed by atoms with Gasteiger partial charge in [-0.25, -0.2) is 13.2 Å². The van der Waals surface area contributed by atoms with Crippen molar-refractivity contribution >= 4 is 17.5 Å².